The standard InChI is InChI=1S/C31H54N4O9/c1-2-3-4-5-6-7-8-9-10-11-12-13-14-15-25(37)33-20-24(44-30-28(40)27(39)23(19-32)43-30)22-18-21(36)29(42-22)35-17-16-26(38)34-31(35)41/h16-17,21-24,27-30,36,39-40H,2-15,18-20,32H2,1H3,(H,33,37)(H,34,38,41)/t21-,22+,23?,24+,27-,28-,29-,30+/m1/s1. The van der Waals surface area contributed by atoms with Crippen molar-refractivity contribution >= 4 is 5.91 Å². The predicted molar refractivity (Wildman–Crippen MR) is 164 cm³/mol. The van der Waals surface area contributed by atoms with E-state index in [-0.39, 0.29) is 25.4 Å². The number of nitrogens with zero attached hydrogens (tertiary/aromatic N) is 1. The summed E-state index contributed by atoms with van der Waals surface area (Å²) in [6, 6.07) is 1.15. The monoisotopic (exact) mass is 626 g/mol. The Morgan fingerprint density at radius 1 is 1.00 bits per heavy atom. The number of hydrogen-bond acceptors (Lipinski definition) is 10. The van der Waals surface area contributed by atoms with Crippen molar-refractivity contribution in [1.29, 1.82) is 0 Å². The summed E-state index contributed by atoms with van der Waals surface area (Å²) in [7, 11) is 0. The minimum Gasteiger partial charge on any atom is -0.388 e. The molecule has 2 saturated heterocycles. The Labute approximate surface area is 259 Å². The van der Waals surface area contributed by atoms with E-state index in [9.17, 15) is 29.7 Å². The minimum atomic E-state index is -1.38. The van der Waals surface area contributed by atoms with Crippen molar-refractivity contribution in [3.05, 3.63) is 33.1 Å². The zero-order valence-corrected chi connectivity index (χ0v) is 26.1. The van der Waals surface area contributed by atoms with Crippen LogP contribution in [0.4, 0.5) is 0 Å². The number of nitrogens with one attached hydrogen (secondary N) is 2. The molecule has 44 heavy (non-hydrogen) atoms. The highest BCUT2D eigenvalue weighted by Gasteiger charge is 2.47. The zero-order chi connectivity index (χ0) is 31.9. The average molecular weight is 627 g/mol. The molecule has 7 N–H and O–H groups in total. The van der Waals surface area contributed by atoms with E-state index >= 15 is 0 Å². The van der Waals surface area contributed by atoms with Gasteiger partial charge >= 0.3 is 5.69 Å². The molecule has 0 aromatic carbocycles. The second kappa shape index (κ2) is 19.4. The van der Waals surface area contributed by atoms with Crippen molar-refractivity contribution < 1.29 is 34.3 Å². The van der Waals surface area contributed by atoms with Crippen LogP contribution in [-0.4, -0.2) is 86.8 Å². The summed E-state index contributed by atoms with van der Waals surface area (Å²) in [6.45, 7) is 2.19. The largest absolute Gasteiger partial charge is 0.388 e. The van der Waals surface area contributed by atoms with E-state index in [0.717, 1.165) is 29.9 Å². The Morgan fingerprint density at radius 3 is 2.18 bits per heavy atom. The van der Waals surface area contributed by atoms with E-state index in [2.05, 4.69) is 17.2 Å². The molecule has 0 spiro atoms. The number of hydrogen-bond donors (Lipinski definition) is 6. The van der Waals surface area contributed by atoms with Gasteiger partial charge in [-0.25, -0.2) is 4.79 Å². The molecule has 8 atom stereocenters. The lowest BCUT2D eigenvalue weighted by atomic mass is 10.0. The van der Waals surface area contributed by atoms with Gasteiger partial charge in [-0.15, -0.1) is 0 Å². The SMILES string of the molecule is CCCCCCCCCCCCCCCC(=O)NC[C@H](O[C@@H]1OC(CN)[C@@H](O)[C@H]1O)[C@@H]1C[C@@H](O)[C@H](n2ccc(=O)[nH]c2=O)O1. The fourth-order valence-corrected chi connectivity index (χ4v) is 5.87. The molecule has 2 aliphatic rings. The molecule has 1 aromatic heterocycles. The molecule has 2 aliphatic heterocycles. The lowest BCUT2D eigenvalue weighted by Gasteiger charge is -2.28. The van der Waals surface area contributed by atoms with Crippen molar-refractivity contribution in [2.24, 2.45) is 5.73 Å². The van der Waals surface area contributed by atoms with Crippen LogP contribution in [0.15, 0.2) is 21.9 Å². The molecule has 0 aliphatic carbocycles. The van der Waals surface area contributed by atoms with Crippen LogP contribution in [0.3, 0.4) is 0 Å². The molecule has 3 rings (SSSR count). The maximum absolute atomic E-state index is 12.7. The van der Waals surface area contributed by atoms with E-state index < -0.39 is 60.4 Å². The number of unbranched alkanes of at least 4 members (excludes halogenated alkanes) is 12. The molecule has 0 bridgehead atoms. The van der Waals surface area contributed by atoms with Gasteiger partial charge in [0, 0.05) is 38.2 Å². The first-order valence-corrected chi connectivity index (χ1v) is 16.5. The normalized spacial score (nSPS) is 27.5. The van der Waals surface area contributed by atoms with Crippen LogP contribution >= 0.6 is 0 Å². The van der Waals surface area contributed by atoms with Crippen molar-refractivity contribution in [2.45, 2.75) is 152 Å². The first-order valence-electron chi connectivity index (χ1n) is 16.5. The molecule has 1 unspecified atom stereocenters. The molecule has 0 saturated carbocycles. The summed E-state index contributed by atoms with van der Waals surface area (Å²) in [4.78, 5) is 38.6. The zero-order valence-electron chi connectivity index (χ0n) is 26.1. The van der Waals surface area contributed by atoms with Gasteiger partial charge in [0.1, 0.15) is 30.5 Å². The molecule has 13 heteroatoms. The third-order valence-electron chi connectivity index (χ3n) is 8.52. The number of H-pyrrole nitrogens is 1. The maximum Gasteiger partial charge on any atom is 0.330 e. The van der Waals surface area contributed by atoms with Gasteiger partial charge in [-0.3, -0.25) is 19.1 Å². The lowest BCUT2D eigenvalue weighted by molar-refractivity contribution is -0.213. The number of ether oxygens (including phenoxy) is 3. The number of amides is 1. The topological polar surface area (TPSA) is 198 Å². The Hall–Kier alpha value is -2.13. The Bertz CT molecular complexity index is 1080. The van der Waals surface area contributed by atoms with Crippen LogP contribution in [0, 0.1) is 0 Å². The summed E-state index contributed by atoms with van der Waals surface area (Å²) >= 11 is 0. The highest BCUT2D eigenvalue weighted by atomic mass is 16.7. The van der Waals surface area contributed by atoms with Gasteiger partial charge in [-0.1, -0.05) is 84.0 Å². The molecule has 252 valence electrons. The van der Waals surface area contributed by atoms with Crippen LogP contribution in [-0.2, 0) is 19.0 Å². The highest BCUT2D eigenvalue weighted by Crippen LogP contribution is 2.32. The minimum absolute atomic E-state index is 0.0160. The Balaban J connectivity index is 1.44. The maximum atomic E-state index is 12.7. The number of aromatic amines is 1. The van der Waals surface area contributed by atoms with Gasteiger partial charge in [0.05, 0.1) is 6.10 Å². The second-order valence-electron chi connectivity index (χ2n) is 12.1. The number of aliphatic hydroxyl groups excluding tert-OH is 3. The molecular formula is C31H54N4O9. The Kier molecular flexibility index (Phi) is 16.0. The predicted octanol–water partition coefficient (Wildman–Crippen LogP) is 1.57. The first kappa shape index (κ1) is 36.3. The van der Waals surface area contributed by atoms with Crippen LogP contribution in [0.5, 0.6) is 0 Å². The number of aromatic nitrogens is 2. The van der Waals surface area contributed by atoms with E-state index in [0.29, 0.717) is 6.42 Å². The van der Waals surface area contributed by atoms with E-state index in [1.807, 2.05) is 0 Å². The van der Waals surface area contributed by atoms with Crippen LogP contribution in [0.2, 0.25) is 0 Å². The lowest BCUT2D eigenvalue weighted by Crippen LogP contribution is -2.45. The number of nitrogens with two attached hydrogens (primary N) is 1. The van der Waals surface area contributed by atoms with Gasteiger partial charge < -0.3 is 40.6 Å². The molecule has 2 fully saturated rings. The number of aliphatic hydroxyl groups is 3. The van der Waals surface area contributed by atoms with Gasteiger partial charge in [0.2, 0.25) is 5.91 Å². The van der Waals surface area contributed by atoms with Crippen molar-refractivity contribution in [2.75, 3.05) is 13.1 Å². The fraction of sp³-hybridized carbons (Fsp3) is 0.839. The first-order chi connectivity index (χ1) is 21.2. The summed E-state index contributed by atoms with van der Waals surface area (Å²) < 4.78 is 18.6. The van der Waals surface area contributed by atoms with E-state index in [1.165, 1.54) is 70.4 Å². The smallest absolute Gasteiger partial charge is 0.330 e. The third-order valence-corrected chi connectivity index (χ3v) is 8.52. The van der Waals surface area contributed by atoms with E-state index in [4.69, 9.17) is 19.9 Å². The van der Waals surface area contributed by atoms with Gasteiger partial charge in [-0.05, 0) is 6.42 Å². The summed E-state index contributed by atoms with van der Waals surface area (Å²) in [5, 5.41) is 34.2. The van der Waals surface area contributed by atoms with Crippen LogP contribution < -0.4 is 22.3 Å². The van der Waals surface area contributed by atoms with Crippen LogP contribution in [0.25, 0.3) is 0 Å². The average Bonchev–Trinajstić information content (AvgIpc) is 3.51. The molecule has 3 heterocycles. The summed E-state index contributed by atoms with van der Waals surface area (Å²) in [5.74, 6) is -0.165. The van der Waals surface area contributed by atoms with Crippen molar-refractivity contribution in [3.8, 4) is 0 Å². The van der Waals surface area contributed by atoms with Gasteiger partial charge in [0.25, 0.3) is 5.56 Å². The molecule has 13 nitrogen and oxygen atoms in total. The quantitative estimate of drug-likeness (QED) is 0.109. The van der Waals surface area contributed by atoms with E-state index in [1.54, 1.807) is 0 Å². The number of rotatable bonds is 21. The summed E-state index contributed by atoms with van der Waals surface area (Å²) in [5.41, 5.74) is 4.30. The van der Waals surface area contributed by atoms with Gasteiger partial charge in [-0.2, -0.15) is 0 Å². The van der Waals surface area contributed by atoms with Crippen molar-refractivity contribution in [1.82, 2.24) is 14.9 Å². The van der Waals surface area contributed by atoms with Crippen LogP contribution in [0.1, 0.15) is 109 Å². The van der Waals surface area contributed by atoms with Crippen molar-refractivity contribution in [3.63, 3.8) is 0 Å². The molecular weight excluding hydrogens is 572 g/mol. The molecule has 1 amide bonds. The third kappa shape index (κ3) is 11.3. The fourth-order valence-electron chi connectivity index (χ4n) is 5.87. The molecule has 1 aromatic rings. The number of carbonyl (C=O) groups excluding carboxylic acids is 1. The number of carbonyl (C=O) groups is 1. The van der Waals surface area contributed by atoms with Gasteiger partial charge in [0.15, 0.2) is 12.5 Å². The second-order valence-corrected chi connectivity index (χ2v) is 12.1. The summed E-state index contributed by atoms with van der Waals surface area (Å²) in [6.07, 6.45) is 8.81. The Morgan fingerprint density at radius 2 is 1.61 bits per heavy atom. The molecule has 0 radical (unpaired) electrons. The highest BCUT2D eigenvalue weighted by molar-refractivity contribution is 5.75.